The predicted octanol–water partition coefficient (Wildman–Crippen LogP) is 0.608. The van der Waals surface area contributed by atoms with E-state index < -0.39 is 27.1 Å². The number of hydrogen-bond acceptors (Lipinski definition) is 8. The van der Waals surface area contributed by atoms with Gasteiger partial charge in [0.1, 0.15) is 16.3 Å². The smallest absolute Gasteiger partial charge is 0.330 e. The third kappa shape index (κ3) is 3.94. The number of thioether (sulfide) groups is 1. The van der Waals surface area contributed by atoms with Crippen LogP contribution in [0.3, 0.4) is 0 Å². The zero-order chi connectivity index (χ0) is 21.5. The van der Waals surface area contributed by atoms with Crippen molar-refractivity contribution >= 4 is 33.4 Å². The minimum absolute atomic E-state index is 0.0830. The first-order valence-corrected chi connectivity index (χ1v) is 12.0. The molecule has 2 aromatic rings. The number of nitrogens with two attached hydrogens (primary N) is 1. The Balaban J connectivity index is 1.48. The van der Waals surface area contributed by atoms with E-state index in [-0.39, 0.29) is 28.1 Å². The molecule has 0 radical (unpaired) electrons. The summed E-state index contributed by atoms with van der Waals surface area (Å²) < 4.78 is 27.8. The van der Waals surface area contributed by atoms with E-state index in [0.29, 0.717) is 18.1 Å². The van der Waals surface area contributed by atoms with Crippen LogP contribution in [0, 0.1) is 0 Å². The SMILES string of the molecule is Nc1c(C(=O)CSc2ccc(S(=O)(=O)N3CCCC3)cn2)c(=O)[nH]c(=O)n1C1CC1. The van der Waals surface area contributed by atoms with Crippen LogP contribution in [0.25, 0.3) is 0 Å². The number of rotatable bonds is 7. The van der Waals surface area contributed by atoms with E-state index in [1.54, 1.807) is 0 Å². The maximum Gasteiger partial charge on any atom is 0.330 e. The molecule has 2 aliphatic rings. The number of H-pyrrole nitrogens is 1. The summed E-state index contributed by atoms with van der Waals surface area (Å²) in [6, 6.07) is 2.90. The van der Waals surface area contributed by atoms with Gasteiger partial charge in [-0.25, -0.2) is 18.2 Å². The van der Waals surface area contributed by atoms with Crippen molar-refractivity contribution in [2.45, 2.75) is 41.6 Å². The highest BCUT2D eigenvalue weighted by Gasteiger charge is 2.30. The zero-order valence-corrected chi connectivity index (χ0v) is 17.7. The maximum absolute atomic E-state index is 12.6. The summed E-state index contributed by atoms with van der Waals surface area (Å²) in [5.41, 5.74) is 4.30. The minimum atomic E-state index is -3.55. The molecule has 2 aromatic heterocycles. The van der Waals surface area contributed by atoms with E-state index in [9.17, 15) is 22.8 Å². The fraction of sp³-hybridized carbons (Fsp3) is 0.444. The van der Waals surface area contributed by atoms with Crippen molar-refractivity contribution in [3.63, 3.8) is 0 Å². The lowest BCUT2D eigenvalue weighted by Gasteiger charge is -2.15. The normalized spacial score (nSPS) is 17.3. The molecule has 3 N–H and O–H groups in total. The number of hydrogen-bond donors (Lipinski definition) is 2. The van der Waals surface area contributed by atoms with Gasteiger partial charge in [-0.15, -0.1) is 0 Å². The Morgan fingerprint density at radius 2 is 1.93 bits per heavy atom. The summed E-state index contributed by atoms with van der Waals surface area (Å²) in [5, 5.41) is 0.439. The molecular formula is C18H21N5O5S2. The highest BCUT2D eigenvalue weighted by atomic mass is 32.2. The van der Waals surface area contributed by atoms with Crippen LogP contribution in [0.15, 0.2) is 37.8 Å². The van der Waals surface area contributed by atoms with Gasteiger partial charge in [-0.2, -0.15) is 4.31 Å². The number of aromatic amines is 1. The van der Waals surface area contributed by atoms with Crippen LogP contribution in [0.1, 0.15) is 42.1 Å². The van der Waals surface area contributed by atoms with E-state index in [1.807, 2.05) is 0 Å². The molecule has 1 aliphatic heterocycles. The number of carbonyl (C=O) groups excluding carboxylic acids is 1. The topological polar surface area (TPSA) is 148 Å². The summed E-state index contributed by atoms with van der Waals surface area (Å²) in [6.45, 7) is 1.01. The first kappa shape index (κ1) is 20.8. The van der Waals surface area contributed by atoms with E-state index in [0.717, 1.165) is 37.4 Å². The Kier molecular flexibility index (Phi) is 5.55. The van der Waals surface area contributed by atoms with Crippen LogP contribution in [0.4, 0.5) is 5.82 Å². The van der Waals surface area contributed by atoms with Gasteiger partial charge in [0, 0.05) is 25.3 Å². The van der Waals surface area contributed by atoms with Crippen molar-refractivity contribution in [2.24, 2.45) is 0 Å². The van der Waals surface area contributed by atoms with Gasteiger partial charge in [0.25, 0.3) is 5.56 Å². The molecule has 1 saturated carbocycles. The summed E-state index contributed by atoms with van der Waals surface area (Å²) >= 11 is 1.06. The minimum Gasteiger partial charge on any atom is -0.384 e. The molecule has 12 heteroatoms. The fourth-order valence-corrected chi connectivity index (χ4v) is 5.60. The molecule has 0 bridgehead atoms. The Bertz CT molecular complexity index is 1190. The third-order valence-corrected chi connectivity index (χ3v) is 7.96. The molecule has 3 heterocycles. The third-order valence-electron chi connectivity index (χ3n) is 5.14. The van der Waals surface area contributed by atoms with Crippen LogP contribution in [0.2, 0.25) is 0 Å². The molecule has 2 fully saturated rings. The number of sulfonamides is 1. The van der Waals surface area contributed by atoms with Crippen LogP contribution in [0.5, 0.6) is 0 Å². The number of pyridine rings is 1. The number of aromatic nitrogens is 3. The van der Waals surface area contributed by atoms with Gasteiger partial charge in [-0.1, -0.05) is 11.8 Å². The van der Waals surface area contributed by atoms with Gasteiger partial charge in [0.05, 0.1) is 10.8 Å². The number of nitrogens with zero attached hydrogens (tertiary/aromatic N) is 3. The predicted molar refractivity (Wildman–Crippen MR) is 111 cm³/mol. The van der Waals surface area contributed by atoms with Crippen molar-refractivity contribution in [3.05, 3.63) is 44.7 Å². The number of anilines is 1. The van der Waals surface area contributed by atoms with Crippen molar-refractivity contribution < 1.29 is 13.2 Å². The summed E-state index contributed by atoms with van der Waals surface area (Å²) in [6.07, 6.45) is 4.51. The van der Waals surface area contributed by atoms with Crippen LogP contribution in [-0.2, 0) is 10.0 Å². The lowest BCUT2D eigenvalue weighted by atomic mass is 10.2. The van der Waals surface area contributed by atoms with Crippen LogP contribution < -0.4 is 17.0 Å². The second kappa shape index (κ2) is 8.00. The van der Waals surface area contributed by atoms with Gasteiger partial charge in [0.15, 0.2) is 5.78 Å². The van der Waals surface area contributed by atoms with Crippen molar-refractivity contribution in [2.75, 3.05) is 24.6 Å². The Hall–Kier alpha value is -2.44. The maximum atomic E-state index is 12.6. The van der Waals surface area contributed by atoms with Crippen molar-refractivity contribution in [3.8, 4) is 0 Å². The molecule has 10 nitrogen and oxygen atoms in total. The molecule has 0 unspecified atom stereocenters. The van der Waals surface area contributed by atoms with Gasteiger partial charge >= 0.3 is 5.69 Å². The lowest BCUT2D eigenvalue weighted by molar-refractivity contribution is 0.102. The Morgan fingerprint density at radius 1 is 1.23 bits per heavy atom. The van der Waals surface area contributed by atoms with Crippen LogP contribution >= 0.6 is 11.8 Å². The largest absolute Gasteiger partial charge is 0.384 e. The van der Waals surface area contributed by atoms with Crippen molar-refractivity contribution in [1.29, 1.82) is 0 Å². The molecule has 30 heavy (non-hydrogen) atoms. The molecule has 1 saturated heterocycles. The fourth-order valence-electron chi connectivity index (χ4n) is 3.42. The highest BCUT2D eigenvalue weighted by molar-refractivity contribution is 7.99. The first-order chi connectivity index (χ1) is 14.3. The van der Waals surface area contributed by atoms with Gasteiger partial charge < -0.3 is 5.73 Å². The number of carbonyl (C=O) groups is 1. The van der Waals surface area contributed by atoms with E-state index in [4.69, 9.17) is 5.73 Å². The van der Waals surface area contributed by atoms with Crippen molar-refractivity contribution in [1.82, 2.24) is 18.8 Å². The average Bonchev–Trinajstić information content (AvgIpc) is 3.36. The molecule has 160 valence electrons. The molecular weight excluding hydrogens is 430 g/mol. The zero-order valence-electron chi connectivity index (χ0n) is 16.0. The standard InChI is InChI=1S/C18H21N5O5S2/c19-16-15(17(25)21-18(26)23(16)11-3-4-11)13(24)10-29-14-6-5-12(9-20-14)30(27,28)22-7-1-2-8-22/h5-6,9,11H,1-4,7-8,10,19H2,(H,21,25,26). The Labute approximate surface area is 176 Å². The first-order valence-electron chi connectivity index (χ1n) is 9.55. The highest BCUT2D eigenvalue weighted by Crippen LogP contribution is 2.35. The molecule has 1 aliphatic carbocycles. The number of Topliss-reactive ketones (excluding diaryl/α,β-unsaturated/α-hetero) is 1. The van der Waals surface area contributed by atoms with Gasteiger partial charge in [-0.05, 0) is 37.8 Å². The average molecular weight is 452 g/mol. The molecule has 0 atom stereocenters. The number of nitrogens with one attached hydrogen (secondary N) is 1. The van der Waals surface area contributed by atoms with Crippen LogP contribution in [-0.4, -0.2) is 51.9 Å². The lowest BCUT2D eigenvalue weighted by Crippen LogP contribution is -2.36. The Morgan fingerprint density at radius 3 is 2.53 bits per heavy atom. The van der Waals surface area contributed by atoms with E-state index in [1.165, 1.54) is 27.2 Å². The second-order valence-electron chi connectivity index (χ2n) is 7.28. The number of nitrogen functional groups attached to an aromatic ring is 1. The molecule has 0 spiro atoms. The quantitative estimate of drug-likeness (QED) is 0.459. The van der Waals surface area contributed by atoms with Gasteiger partial charge in [-0.3, -0.25) is 19.1 Å². The molecule has 0 aromatic carbocycles. The second-order valence-corrected chi connectivity index (χ2v) is 10.2. The summed E-state index contributed by atoms with van der Waals surface area (Å²) in [5.74, 6) is -0.762. The van der Waals surface area contributed by atoms with E-state index in [2.05, 4.69) is 9.97 Å². The number of ketones is 1. The van der Waals surface area contributed by atoms with E-state index >= 15 is 0 Å². The monoisotopic (exact) mass is 451 g/mol. The summed E-state index contributed by atoms with van der Waals surface area (Å²) in [4.78, 5) is 43.1. The summed E-state index contributed by atoms with van der Waals surface area (Å²) in [7, 11) is -3.55. The van der Waals surface area contributed by atoms with Gasteiger partial charge in [0.2, 0.25) is 10.0 Å². The molecule has 0 amide bonds. The molecule has 4 rings (SSSR count).